The Balaban J connectivity index is 1.44. The molecule has 3 fully saturated rings. The number of carbonyl (C=O) groups excluding carboxylic acids is 4. The highest BCUT2D eigenvalue weighted by Gasteiger charge is 2.59. The lowest BCUT2D eigenvalue weighted by Crippen LogP contribution is -2.63. The third kappa shape index (κ3) is 9.15. The molecule has 16 nitrogen and oxygen atoms in total. The number of nitrogens with zero attached hydrogens (tertiary/aromatic N) is 4. The minimum Gasteiger partial charge on any atom is -0.457 e. The van der Waals surface area contributed by atoms with Crippen molar-refractivity contribution in [2.75, 3.05) is 27.7 Å². The first-order chi connectivity index (χ1) is 26.9. The van der Waals surface area contributed by atoms with Gasteiger partial charge in [0.1, 0.15) is 24.2 Å². The van der Waals surface area contributed by atoms with Gasteiger partial charge in [0.2, 0.25) is 5.91 Å². The third-order valence-electron chi connectivity index (χ3n) is 12.3. The minimum atomic E-state index is -1.43. The number of hydrogen-bond acceptors (Lipinski definition) is 13. The molecule has 0 aliphatic carbocycles. The number of para-hydroxylation sites is 1. The number of fused-ring (bicyclic) bond motifs is 2. The first-order valence-corrected chi connectivity index (χ1v) is 20.3. The van der Waals surface area contributed by atoms with Gasteiger partial charge in [0.05, 0.1) is 35.6 Å². The number of carbonyl (C=O) groups is 4. The molecule has 0 bridgehead atoms. The summed E-state index contributed by atoms with van der Waals surface area (Å²) in [6.45, 7) is 14.8. The molecule has 1 unspecified atom stereocenters. The fourth-order valence-electron chi connectivity index (χ4n) is 9.00. The number of cyclic esters (lactones) is 1. The summed E-state index contributed by atoms with van der Waals surface area (Å²) in [5.74, 6) is -4.52. The number of nitrogens with one attached hydrogen (secondary N) is 2. The number of hydrazine groups is 1. The van der Waals surface area contributed by atoms with Gasteiger partial charge in [-0.05, 0) is 80.5 Å². The Bertz CT molecular complexity index is 1740. The van der Waals surface area contributed by atoms with E-state index in [1.54, 1.807) is 41.5 Å². The Labute approximate surface area is 336 Å². The molecule has 4 heterocycles. The maximum absolute atomic E-state index is 14.3. The molecule has 3 aliphatic rings. The van der Waals surface area contributed by atoms with Gasteiger partial charge < -0.3 is 39.0 Å². The van der Waals surface area contributed by atoms with E-state index in [9.17, 15) is 24.3 Å². The first-order valence-electron chi connectivity index (χ1n) is 20.3. The fourth-order valence-corrected chi connectivity index (χ4v) is 9.00. The second-order valence-electron chi connectivity index (χ2n) is 16.8. The number of aliphatic hydroxyl groups excluding tert-OH is 1. The minimum absolute atomic E-state index is 0.0949. The largest absolute Gasteiger partial charge is 0.457 e. The van der Waals surface area contributed by atoms with Crippen LogP contribution in [-0.4, -0.2) is 136 Å². The van der Waals surface area contributed by atoms with E-state index in [1.807, 2.05) is 61.1 Å². The molecule has 0 radical (unpaired) electrons. The molecule has 1 aromatic heterocycles. The Morgan fingerprint density at radius 1 is 1.09 bits per heavy atom. The Morgan fingerprint density at radius 2 is 1.79 bits per heavy atom. The summed E-state index contributed by atoms with van der Waals surface area (Å²) < 4.78 is 32.9. The molecule has 57 heavy (non-hydrogen) atoms. The number of benzene rings is 1. The average Bonchev–Trinajstić information content (AvgIpc) is 3.70. The Hall–Kier alpha value is -3.67. The summed E-state index contributed by atoms with van der Waals surface area (Å²) in [5.41, 5.74) is 1.52. The van der Waals surface area contributed by atoms with Crippen LogP contribution in [0.3, 0.4) is 0 Å². The summed E-state index contributed by atoms with van der Waals surface area (Å²) in [6, 6.07) is 6.10. The molecular weight excluding hydrogens is 736 g/mol. The second kappa shape index (κ2) is 18.1. The molecule has 2 aromatic rings. The number of Topliss-reactive ketones (excluding diaryl/α,β-unsaturated/α-hetero) is 1. The van der Waals surface area contributed by atoms with Crippen LogP contribution in [0.5, 0.6) is 0 Å². The molecule has 3 aliphatic heterocycles. The number of amides is 2. The van der Waals surface area contributed by atoms with E-state index in [0.29, 0.717) is 25.9 Å². The van der Waals surface area contributed by atoms with Crippen LogP contribution in [0.4, 0.5) is 4.79 Å². The lowest BCUT2D eigenvalue weighted by Gasteiger charge is -2.46. The van der Waals surface area contributed by atoms with E-state index in [2.05, 4.69) is 15.8 Å². The van der Waals surface area contributed by atoms with Crippen LogP contribution in [0.1, 0.15) is 81.1 Å². The highest BCUT2D eigenvalue weighted by atomic mass is 16.7. The van der Waals surface area contributed by atoms with Gasteiger partial charge in [-0.2, -0.15) is 5.10 Å². The van der Waals surface area contributed by atoms with Gasteiger partial charge >= 0.3 is 12.1 Å². The zero-order valence-corrected chi connectivity index (χ0v) is 35.4. The first kappa shape index (κ1) is 44.4. The standard InChI is InChI=1S/C41H64N6O10/c1-12-31-41(8)34(47(39(52)57-41)42-18-15-19-46-29-17-14-13-16-28(29)22-43-46)27(6)44-36(50)23(2)21-40(7,53-11)35(25(4)32(48)26(5)37(51)55-31)56-38-33(49)30(45(9)10)20-24(3)54-38/h13-14,16-17,22-27,30-31,33-35,38,42,49H,12,15,18-21H2,1-11H3,(H,44,50)/t23-,24-,25-,26-,27?,30+,31+,33-,34-,35-,38+,40+,41-/m1/s1. The number of rotatable bonds is 10. The Morgan fingerprint density at radius 3 is 2.46 bits per heavy atom. The Kier molecular flexibility index (Phi) is 14.1. The molecule has 5 rings (SSSR count). The van der Waals surface area contributed by atoms with Crippen molar-refractivity contribution in [2.24, 2.45) is 17.8 Å². The van der Waals surface area contributed by atoms with Gasteiger partial charge in [-0.1, -0.05) is 39.0 Å². The SMILES string of the molecule is CC[C@@H]1OC(=O)[C@H](C)C(=O)[C@@H](C)[C@@H](O[C@@H]2O[C@H](C)C[C@H](N(C)C)[C@H]2O)[C@@](C)(OC)C[C@@H](C)C(=O)NC(C)[C@H]2N(NCCCn3ncc4ccccc43)C(=O)O[C@]12C. The zero-order valence-electron chi connectivity index (χ0n) is 35.4. The van der Waals surface area contributed by atoms with E-state index in [4.69, 9.17) is 23.7 Å². The smallest absolute Gasteiger partial charge is 0.425 e. The number of ether oxygens (including phenoxy) is 5. The van der Waals surface area contributed by atoms with Crippen molar-refractivity contribution in [1.29, 1.82) is 0 Å². The predicted octanol–water partition coefficient (Wildman–Crippen LogP) is 3.43. The number of aliphatic hydroxyl groups is 1. The van der Waals surface area contributed by atoms with Gasteiger partial charge in [0, 0.05) is 43.5 Å². The van der Waals surface area contributed by atoms with Crippen molar-refractivity contribution in [3.8, 4) is 0 Å². The highest BCUT2D eigenvalue weighted by molar-refractivity contribution is 6.00. The monoisotopic (exact) mass is 800 g/mol. The number of ketones is 1. The van der Waals surface area contributed by atoms with Crippen LogP contribution in [0.15, 0.2) is 30.5 Å². The van der Waals surface area contributed by atoms with E-state index < -0.39 is 83.5 Å². The summed E-state index contributed by atoms with van der Waals surface area (Å²) in [5, 5.41) is 21.4. The van der Waals surface area contributed by atoms with Crippen molar-refractivity contribution in [1.82, 2.24) is 30.4 Å². The van der Waals surface area contributed by atoms with Crippen molar-refractivity contribution in [3.05, 3.63) is 30.5 Å². The van der Waals surface area contributed by atoms with Crippen LogP contribution in [0, 0.1) is 17.8 Å². The fraction of sp³-hybridized carbons (Fsp3) is 0.732. The van der Waals surface area contributed by atoms with Crippen LogP contribution in [0.2, 0.25) is 0 Å². The normalized spacial score (nSPS) is 37.4. The van der Waals surface area contributed by atoms with Crippen molar-refractivity contribution in [3.63, 3.8) is 0 Å². The van der Waals surface area contributed by atoms with Crippen LogP contribution >= 0.6 is 0 Å². The summed E-state index contributed by atoms with van der Waals surface area (Å²) in [7, 11) is 5.21. The quantitative estimate of drug-likeness (QED) is 0.181. The molecule has 16 heteroatoms. The highest BCUT2D eigenvalue weighted by Crippen LogP contribution is 2.39. The van der Waals surface area contributed by atoms with Gasteiger partial charge in [-0.25, -0.2) is 15.2 Å². The number of hydrogen-bond donors (Lipinski definition) is 3. The summed E-state index contributed by atoms with van der Waals surface area (Å²) in [4.78, 5) is 58.1. The third-order valence-corrected chi connectivity index (χ3v) is 12.3. The van der Waals surface area contributed by atoms with Crippen LogP contribution < -0.4 is 10.7 Å². The molecule has 3 N–H and O–H groups in total. The van der Waals surface area contributed by atoms with E-state index >= 15 is 0 Å². The molecule has 1 aromatic carbocycles. The van der Waals surface area contributed by atoms with Gasteiger partial charge in [0.15, 0.2) is 17.7 Å². The topological polar surface area (TPSA) is 183 Å². The number of likely N-dealkylation sites (N-methyl/N-ethyl adjacent to an activating group) is 1. The molecule has 318 valence electrons. The lowest BCUT2D eigenvalue weighted by atomic mass is 9.78. The molecule has 2 amide bonds. The molecular formula is C41H64N6O10. The zero-order chi connectivity index (χ0) is 42.0. The van der Waals surface area contributed by atoms with Crippen molar-refractivity contribution < 1.29 is 48.0 Å². The maximum Gasteiger partial charge on any atom is 0.425 e. The van der Waals surface area contributed by atoms with E-state index in [-0.39, 0.29) is 30.9 Å². The lowest BCUT2D eigenvalue weighted by molar-refractivity contribution is -0.295. The van der Waals surface area contributed by atoms with E-state index in [1.165, 1.54) is 19.0 Å². The van der Waals surface area contributed by atoms with Crippen molar-refractivity contribution in [2.45, 2.75) is 148 Å². The molecule has 0 saturated carbocycles. The second-order valence-corrected chi connectivity index (χ2v) is 16.8. The van der Waals surface area contributed by atoms with Gasteiger partial charge in [-0.15, -0.1) is 0 Å². The number of aryl methyl sites for hydroxylation is 1. The predicted molar refractivity (Wildman–Crippen MR) is 210 cm³/mol. The molecule has 13 atom stereocenters. The van der Waals surface area contributed by atoms with Crippen molar-refractivity contribution >= 4 is 34.7 Å². The van der Waals surface area contributed by atoms with Gasteiger partial charge in [-0.3, -0.25) is 19.1 Å². The maximum atomic E-state index is 14.3. The van der Waals surface area contributed by atoms with E-state index in [0.717, 1.165) is 10.9 Å². The summed E-state index contributed by atoms with van der Waals surface area (Å²) in [6.07, 6.45) is -1.85. The number of methoxy groups -OCH3 is 1. The van der Waals surface area contributed by atoms with Crippen LogP contribution in [-0.2, 0) is 44.6 Å². The molecule has 0 spiro atoms. The molecule has 3 saturated heterocycles. The van der Waals surface area contributed by atoms with Gasteiger partial charge in [0.25, 0.3) is 0 Å². The summed E-state index contributed by atoms with van der Waals surface area (Å²) >= 11 is 0. The van der Waals surface area contributed by atoms with Crippen LogP contribution in [0.25, 0.3) is 10.9 Å². The number of aromatic nitrogens is 2. The number of esters is 1. The average molecular weight is 801 g/mol.